The fraction of sp³-hybridized carbons (Fsp3) is 0.875. The molecule has 1 saturated heterocycles. The monoisotopic (exact) mass is 295 g/mol. The summed E-state index contributed by atoms with van der Waals surface area (Å²) in [4.78, 5) is 28.2. The summed E-state index contributed by atoms with van der Waals surface area (Å²) >= 11 is 0. The maximum absolute atomic E-state index is 12.3. The van der Waals surface area contributed by atoms with E-state index in [1.807, 2.05) is 16.7 Å². The number of hydrogen-bond acceptors (Lipinski definition) is 3. The van der Waals surface area contributed by atoms with E-state index >= 15 is 0 Å². The predicted molar refractivity (Wildman–Crippen MR) is 82.6 cm³/mol. The molecule has 2 fully saturated rings. The van der Waals surface area contributed by atoms with Crippen LogP contribution in [0.5, 0.6) is 0 Å². The average molecular weight is 295 g/mol. The molecule has 5 heteroatoms. The van der Waals surface area contributed by atoms with Crippen LogP contribution < -0.4 is 5.73 Å². The molecule has 2 rings (SSSR count). The zero-order valence-corrected chi connectivity index (χ0v) is 13.2. The topological polar surface area (TPSA) is 66.6 Å². The highest BCUT2D eigenvalue weighted by Gasteiger charge is 2.27. The van der Waals surface area contributed by atoms with E-state index in [0.717, 1.165) is 0 Å². The molecule has 0 radical (unpaired) electrons. The third kappa shape index (κ3) is 4.43. The summed E-state index contributed by atoms with van der Waals surface area (Å²) in [5.74, 6) is 0.871. The van der Waals surface area contributed by atoms with Crippen LogP contribution in [0.3, 0.4) is 0 Å². The largest absolute Gasteiger partial charge is 0.339 e. The fourth-order valence-corrected chi connectivity index (χ4v) is 3.36. The molecule has 1 aliphatic heterocycles. The number of carbonyl (C=O) groups excluding carboxylic acids is 2. The molecule has 1 saturated carbocycles. The van der Waals surface area contributed by atoms with Gasteiger partial charge in [-0.15, -0.1) is 0 Å². The number of piperazine rings is 1. The molecular weight excluding hydrogens is 266 g/mol. The summed E-state index contributed by atoms with van der Waals surface area (Å²) < 4.78 is 0. The van der Waals surface area contributed by atoms with Crippen molar-refractivity contribution in [3.63, 3.8) is 0 Å². The fourth-order valence-electron chi connectivity index (χ4n) is 3.36. The third-order valence-electron chi connectivity index (χ3n) is 4.91. The molecule has 120 valence electrons. The van der Waals surface area contributed by atoms with Crippen LogP contribution in [-0.2, 0) is 9.59 Å². The van der Waals surface area contributed by atoms with Crippen LogP contribution in [0.4, 0.5) is 0 Å². The summed E-state index contributed by atoms with van der Waals surface area (Å²) in [6.07, 6.45) is 6.99. The molecule has 0 spiro atoms. The first-order chi connectivity index (χ1) is 10.1. The van der Waals surface area contributed by atoms with Gasteiger partial charge in [0.25, 0.3) is 0 Å². The van der Waals surface area contributed by atoms with Gasteiger partial charge in [-0.05, 0) is 18.8 Å². The summed E-state index contributed by atoms with van der Waals surface area (Å²) in [5, 5.41) is 0. The van der Waals surface area contributed by atoms with Gasteiger partial charge in [-0.1, -0.05) is 26.2 Å². The lowest BCUT2D eigenvalue weighted by atomic mass is 9.86. The molecule has 0 aromatic carbocycles. The van der Waals surface area contributed by atoms with E-state index in [-0.39, 0.29) is 17.7 Å². The van der Waals surface area contributed by atoms with E-state index < -0.39 is 0 Å². The lowest BCUT2D eigenvalue weighted by molar-refractivity contribution is -0.142. The highest BCUT2D eigenvalue weighted by atomic mass is 16.2. The van der Waals surface area contributed by atoms with Crippen molar-refractivity contribution in [3.05, 3.63) is 0 Å². The minimum absolute atomic E-state index is 0.116. The first-order valence-corrected chi connectivity index (χ1v) is 8.38. The van der Waals surface area contributed by atoms with Gasteiger partial charge in [-0.25, -0.2) is 0 Å². The Hall–Kier alpha value is -1.10. The van der Waals surface area contributed by atoms with Gasteiger partial charge in [0, 0.05) is 45.1 Å². The Bertz CT molecular complexity index is 359. The van der Waals surface area contributed by atoms with Gasteiger partial charge in [0.05, 0.1) is 0 Å². The molecule has 2 aliphatic rings. The Morgan fingerprint density at radius 1 is 1.05 bits per heavy atom. The molecule has 1 atom stereocenters. The van der Waals surface area contributed by atoms with Crippen LogP contribution >= 0.6 is 0 Å². The molecule has 2 amide bonds. The predicted octanol–water partition coefficient (Wildman–Crippen LogP) is 1.22. The van der Waals surface area contributed by atoms with Crippen LogP contribution in [0.2, 0.25) is 0 Å². The van der Waals surface area contributed by atoms with E-state index in [1.54, 1.807) is 0 Å². The molecule has 1 unspecified atom stereocenters. The zero-order valence-electron chi connectivity index (χ0n) is 13.2. The molecular formula is C16H29N3O2. The van der Waals surface area contributed by atoms with Gasteiger partial charge in [0.1, 0.15) is 0 Å². The molecule has 2 N–H and O–H groups in total. The second-order valence-corrected chi connectivity index (χ2v) is 6.55. The maximum Gasteiger partial charge on any atom is 0.226 e. The van der Waals surface area contributed by atoms with E-state index in [1.165, 1.54) is 32.1 Å². The smallest absolute Gasteiger partial charge is 0.226 e. The van der Waals surface area contributed by atoms with Crippen molar-refractivity contribution < 1.29 is 9.59 Å². The molecule has 5 nitrogen and oxygen atoms in total. The number of nitrogens with two attached hydrogens (primary N) is 1. The minimum Gasteiger partial charge on any atom is -0.339 e. The Kier molecular flexibility index (Phi) is 6.03. The standard InChI is InChI=1S/C16H29N3O2/c1-13(12-17)16(21)19-9-7-18(8-10-19)15(20)11-14-5-3-2-4-6-14/h13-14H,2-12,17H2,1H3. The van der Waals surface area contributed by atoms with Crippen LogP contribution in [0, 0.1) is 11.8 Å². The van der Waals surface area contributed by atoms with Gasteiger partial charge in [-0.3, -0.25) is 9.59 Å². The van der Waals surface area contributed by atoms with Crippen LogP contribution in [0.1, 0.15) is 45.4 Å². The Morgan fingerprint density at radius 2 is 1.62 bits per heavy atom. The van der Waals surface area contributed by atoms with E-state index in [2.05, 4.69) is 0 Å². The van der Waals surface area contributed by atoms with Gasteiger partial charge in [0.15, 0.2) is 0 Å². The van der Waals surface area contributed by atoms with E-state index in [4.69, 9.17) is 5.73 Å². The highest BCUT2D eigenvalue weighted by molar-refractivity contribution is 5.80. The lowest BCUT2D eigenvalue weighted by Gasteiger charge is -2.36. The van der Waals surface area contributed by atoms with Crippen molar-refractivity contribution in [1.82, 2.24) is 9.80 Å². The quantitative estimate of drug-likeness (QED) is 0.848. The average Bonchev–Trinajstić information content (AvgIpc) is 2.54. The zero-order chi connectivity index (χ0) is 15.2. The summed E-state index contributed by atoms with van der Waals surface area (Å²) in [5.41, 5.74) is 5.55. The van der Waals surface area contributed by atoms with Crippen molar-refractivity contribution >= 4 is 11.8 Å². The van der Waals surface area contributed by atoms with Crippen LogP contribution in [0.15, 0.2) is 0 Å². The molecule has 1 aliphatic carbocycles. The Morgan fingerprint density at radius 3 is 2.19 bits per heavy atom. The maximum atomic E-state index is 12.3. The van der Waals surface area contributed by atoms with Crippen molar-refractivity contribution in [2.75, 3.05) is 32.7 Å². The van der Waals surface area contributed by atoms with Gasteiger partial charge >= 0.3 is 0 Å². The number of carbonyl (C=O) groups is 2. The summed E-state index contributed by atoms with van der Waals surface area (Å²) in [6.45, 7) is 4.91. The van der Waals surface area contributed by atoms with Gasteiger partial charge < -0.3 is 15.5 Å². The molecule has 21 heavy (non-hydrogen) atoms. The van der Waals surface area contributed by atoms with Gasteiger partial charge in [-0.2, -0.15) is 0 Å². The second-order valence-electron chi connectivity index (χ2n) is 6.55. The summed E-state index contributed by atoms with van der Waals surface area (Å²) in [7, 11) is 0. The van der Waals surface area contributed by atoms with E-state index in [0.29, 0.717) is 45.1 Å². The normalized spacial score (nSPS) is 22.2. The number of amides is 2. The summed E-state index contributed by atoms with van der Waals surface area (Å²) in [6, 6.07) is 0. The number of rotatable bonds is 4. The number of hydrogen-bond donors (Lipinski definition) is 1. The van der Waals surface area contributed by atoms with Gasteiger partial charge in [0.2, 0.25) is 11.8 Å². The Balaban J connectivity index is 1.75. The van der Waals surface area contributed by atoms with Crippen LogP contribution in [-0.4, -0.2) is 54.3 Å². The SMILES string of the molecule is CC(CN)C(=O)N1CCN(C(=O)CC2CCCCC2)CC1. The van der Waals surface area contributed by atoms with Crippen LogP contribution in [0.25, 0.3) is 0 Å². The molecule has 0 bridgehead atoms. The highest BCUT2D eigenvalue weighted by Crippen LogP contribution is 2.27. The molecule has 1 heterocycles. The first kappa shape index (κ1) is 16.3. The molecule has 0 aromatic heterocycles. The van der Waals surface area contributed by atoms with Crippen molar-refractivity contribution in [2.24, 2.45) is 17.6 Å². The van der Waals surface area contributed by atoms with E-state index in [9.17, 15) is 9.59 Å². The van der Waals surface area contributed by atoms with Crippen molar-refractivity contribution in [2.45, 2.75) is 45.4 Å². The third-order valence-corrected chi connectivity index (χ3v) is 4.91. The molecule has 0 aromatic rings. The van der Waals surface area contributed by atoms with Crippen molar-refractivity contribution in [1.29, 1.82) is 0 Å². The number of nitrogens with zero attached hydrogens (tertiary/aromatic N) is 2. The minimum atomic E-state index is -0.116. The van der Waals surface area contributed by atoms with Crippen molar-refractivity contribution in [3.8, 4) is 0 Å². The Labute approximate surface area is 127 Å². The lowest BCUT2D eigenvalue weighted by Crippen LogP contribution is -2.52. The second kappa shape index (κ2) is 7.78. The first-order valence-electron chi connectivity index (χ1n) is 8.38.